The zero-order valence-corrected chi connectivity index (χ0v) is 16.6. The van der Waals surface area contributed by atoms with E-state index in [1.54, 1.807) is 13.0 Å². The van der Waals surface area contributed by atoms with E-state index in [0.717, 1.165) is 29.6 Å². The number of allylic oxidation sites excluding steroid dienone is 5. The molecule has 2 rings (SSSR count). The normalized spacial score (nSPS) is 17.6. The summed E-state index contributed by atoms with van der Waals surface area (Å²) in [7, 11) is 0. The first-order chi connectivity index (χ1) is 12.2. The lowest BCUT2D eigenvalue weighted by molar-refractivity contribution is 0.0526. The Labute approximate surface area is 157 Å². The number of hydrogen-bond donors (Lipinski definition) is 1. The number of phenols is 1. The number of aromatic hydroxyl groups is 1. The minimum Gasteiger partial charge on any atom is -0.507 e. The Hall–Kier alpha value is -2.29. The monoisotopic (exact) mass is 354 g/mol. The molecule has 1 aliphatic carbocycles. The van der Waals surface area contributed by atoms with Gasteiger partial charge in [0.25, 0.3) is 0 Å². The zero-order chi connectivity index (χ0) is 19.5. The molecular weight excluding hydrogens is 324 g/mol. The van der Waals surface area contributed by atoms with Crippen LogP contribution in [-0.4, -0.2) is 17.7 Å². The van der Waals surface area contributed by atoms with Gasteiger partial charge in [0.15, 0.2) is 0 Å². The van der Waals surface area contributed by atoms with E-state index in [9.17, 15) is 9.90 Å². The smallest absolute Gasteiger partial charge is 0.338 e. The average Bonchev–Trinajstić information content (AvgIpc) is 2.58. The largest absolute Gasteiger partial charge is 0.507 e. The van der Waals surface area contributed by atoms with Gasteiger partial charge in [-0.1, -0.05) is 32.1 Å². The number of carbonyl (C=O) groups excluding carboxylic acids is 1. The average molecular weight is 354 g/mol. The Kier molecular flexibility index (Phi) is 6.12. The van der Waals surface area contributed by atoms with Crippen LogP contribution in [0.15, 0.2) is 47.6 Å². The summed E-state index contributed by atoms with van der Waals surface area (Å²) in [5.41, 5.74) is 5.79. The van der Waals surface area contributed by atoms with E-state index >= 15 is 0 Å². The Balaban J connectivity index is 2.64. The van der Waals surface area contributed by atoms with Gasteiger partial charge in [0.1, 0.15) is 5.75 Å². The summed E-state index contributed by atoms with van der Waals surface area (Å²) in [5, 5.41) is 10.7. The van der Waals surface area contributed by atoms with Crippen molar-refractivity contribution in [1.29, 1.82) is 0 Å². The first-order valence-electron chi connectivity index (χ1n) is 9.27. The fraction of sp³-hybridized carbons (Fsp3) is 0.435. The van der Waals surface area contributed by atoms with E-state index in [1.165, 1.54) is 23.6 Å². The van der Waals surface area contributed by atoms with Crippen LogP contribution in [0.1, 0.15) is 69.8 Å². The van der Waals surface area contributed by atoms with Crippen molar-refractivity contribution in [2.45, 2.75) is 53.9 Å². The highest BCUT2D eigenvalue weighted by Crippen LogP contribution is 2.49. The lowest BCUT2D eigenvalue weighted by atomic mass is 9.68. The second kappa shape index (κ2) is 7.94. The number of esters is 1. The second-order valence-corrected chi connectivity index (χ2v) is 7.61. The minimum atomic E-state index is -0.422. The molecule has 0 heterocycles. The molecule has 0 bridgehead atoms. The Morgan fingerprint density at radius 1 is 1.38 bits per heavy atom. The SMILES string of the molecule is C=CC(C)=C(C1=C(C)CCCC1(C)C)c1ccc(C(=O)OCC)cc1O. The summed E-state index contributed by atoms with van der Waals surface area (Å²) in [6.07, 6.45) is 5.18. The molecule has 140 valence electrons. The van der Waals surface area contributed by atoms with E-state index in [-0.39, 0.29) is 11.2 Å². The molecule has 0 aliphatic heterocycles. The first-order valence-corrected chi connectivity index (χ1v) is 9.27. The van der Waals surface area contributed by atoms with Gasteiger partial charge in [0.2, 0.25) is 0 Å². The third-order valence-corrected chi connectivity index (χ3v) is 5.19. The lowest BCUT2D eigenvalue weighted by Gasteiger charge is -2.37. The van der Waals surface area contributed by atoms with Crippen molar-refractivity contribution in [2.75, 3.05) is 6.61 Å². The van der Waals surface area contributed by atoms with Crippen molar-refractivity contribution in [3.8, 4) is 5.75 Å². The quantitative estimate of drug-likeness (QED) is 0.517. The maximum atomic E-state index is 12.0. The summed E-state index contributed by atoms with van der Waals surface area (Å²) in [4.78, 5) is 12.0. The maximum absolute atomic E-state index is 12.0. The highest BCUT2D eigenvalue weighted by molar-refractivity contribution is 5.93. The van der Waals surface area contributed by atoms with Gasteiger partial charge in [-0.3, -0.25) is 0 Å². The molecule has 3 heteroatoms. The predicted octanol–water partition coefficient (Wildman–Crippen LogP) is 6.06. The molecule has 0 amide bonds. The zero-order valence-electron chi connectivity index (χ0n) is 16.6. The van der Waals surface area contributed by atoms with Crippen LogP contribution in [-0.2, 0) is 4.74 Å². The molecule has 1 aliphatic rings. The molecule has 26 heavy (non-hydrogen) atoms. The van der Waals surface area contributed by atoms with Crippen molar-refractivity contribution in [3.05, 3.63) is 58.7 Å². The molecule has 0 fully saturated rings. The summed E-state index contributed by atoms with van der Waals surface area (Å²) in [5.74, 6) is -0.331. The van der Waals surface area contributed by atoms with Gasteiger partial charge in [-0.15, -0.1) is 0 Å². The molecule has 1 N–H and O–H groups in total. The first kappa shape index (κ1) is 20.0. The molecular formula is C23H30O3. The van der Waals surface area contributed by atoms with Gasteiger partial charge in [0.05, 0.1) is 12.2 Å². The van der Waals surface area contributed by atoms with Crippen LogP contribution in [0.3, 0.4) is 0 Å². The molecule has 0 spiro atoms. The van der Waals surface area contributed by atoms with Crippen molar-refractivity contribution in [3.63, 3.8) is 0 Å². The minimum absolute atomic E-state index is 0.0220. The van der Waals surface area contributed by atoms with Crippen molar-refractivity contribution < 1.29 is 14.6 Å². The van der Waals surface area contributed by atoms with Gasteiger partial charge in [-0.25, -0.2) is 4.79 Å². The van der Waals surface area contributed by atoms with Crippen LogP contribution in [0.2, 0.25) is 0 Å². The molecule has 1 aromatic carbocycles. The van der Waals surface area contributed by atoms with Gasteiger partial charge in [-0.05, 0) is 80.4 Å². The number of carbonyl (C=O) groups is 1. The Bertz CT molecular complexity index is 779. The third-order valence-electron chi connectivity index (χ3n) is 5.19. The van der Waals surface area contributed by atoms with Crippen molar-refractivity contribution in [1.82, 2.24) is 0 Å². The highest BCUT2D eigenvalue weighted by Gasteiger charge is 2.32. The molecule has 0 saturated carbocycles. The van der Waals surface area contributed by atoms with E-state index in [1.807, 2.05) is 19.1 Å². The fourth-order valence-corrected chi connectivity index (χ4v) is 3.91. The topological polar surface area (TPSA) is 46.5 Å². The number of phenolic OH excluding ortho intramolecular Hbond substituents is 1. The summed E-state index contributed by atoms with van der Waals surface area (Å²) >= 11 is 0. The summed E-state index contributed by atoms with van der Waals surface area (Å²) in [6, 6.07) is 5.03. The van der Waals surface area contributed by atoms with E-state index in [2.05, 4.69) is 27.4 Å². The molecule has 0 radical (unpaired) electrons. The van der Waals surface area contributed by atoms with Crippen LogP contribution in [0, 0.1) is 5.41 Å². The number of benzene rings is 1. The molecule has 3 nitrogen and oxygen atoms in total. The maximum Gasteiger partial charge on any atom is 0.338 e. The number of ether oxygens (including phenoxy) is 1. The van der Waals surface area contributed by atoms with Crippen LogP contribution in [0.4, 0.5) is 0 Å². The van der Waals surface area contributed by atoms with Crippen LogP contribution in [0.5, 0.6) is 5.75 Å². The lowest BCUT2D eigenvalue weighted by Crippen LogP contribution is -2.22. The Morgan fingerprint density at radius 2 is 2.08 bits per heavy atom. The van der Waals surface area contributed by atoms with Crippen molar-refractivity contribution in [2.24, 2.45) is 5.41 Å². The van der Waals surface area contributed by atoms with E-state index in [0.29, 0.717) is 12.2 Å². The Morgan fingerprint density at radius 3 is 2.62 bits per heavy atom. The molecule has 1 aromatic rings. The number of rotatable bonds is 5. The molecule has 0 unspecified atom stereocenters. The number of hydrogen-bond acceptors (Lipinski definition) is 3. The fourth-order valence-electron chi connectivity index (χ4n) is 3.91. The summed E-state index contributed by atoms with van der Waals surface area (Å²) < 4.78 is 5.03. The van der Waals surface area contributed by atoms with Gasteiger partial charge >= 0.3 is 5.97 Å². The summed E-state index contributed by atoms with van der Waals surface area (Å²) in [6.45, 7) is 14.7. The van der Waals surface area contributed by atoms with Gasteiger partial charge < -0.3 is 9.84 Å². The van der Waals surface area contributed by atoms with Crippen LogP contribution >= 0.6 is 0 Å². The van der Waals surface area contributed by atoms with Crippen molar-refractivity contribution >= 4 is 11.5 Å². The molecule has 0 aromatic heterocycles. The standard InChI is InChI=1S/C23H30O3/c1-7-15(3)20(21-16(4)10-9-13-23(21,5)6)18-12-11-17(14-19(18)24)22(25)26-8-2/h7,11-12,14,24H,1,8-10,13H2,2-6H3. The third kappa shape index (κ3) is 3.92. The van der Waals surface area contributed by atoms with Crippen LogP contribution < -0.4 is 0 Å². The van der Waals surface area contributed by atoms with E-state index in [4.69, 9.17) is 4.74 Å². The van der Waals surface area contributed by atoms with Gasteiger partial charge in [-0.2, -0.15) is 0 Å². The molecule has 0 saturated heterocycles. The van der Waals surface area contributed by atoms with Crippen LogP contribution in [0.25, 0.3) is 5.57 Å². The highest BCUT2D eigenvalue weighted by atomic mass is 16.5. The second-order valence-electron chi connectivity index (χ2n) is 7.61. The van der Waals surface area contributed by atoms with E-state index < -0.39 is 5.97 Å². The molecule has 0 atom stereocenters. The predicted molar refractivity (Wildman–Crippen MR) is 107 cm³/mol. The van der Waals surface area contributed by atoms with Gasteiger partial charge in [0, 0.05) is 5.56 Å².